The highest BCUT2D eigenvalue weighted by molar-refractivity contribution is 5.81. The van der Waals surface area contributed by atoms with Gasteiger partial charge in [-0.15, -0.1) is 0 Å². The Labute approximate surface area is 80.9 Å². The number of carbonyl (C=O) groups is 1. The topological polar surface area (TPSA) is 17.1 Å². The standard InChI is InChI=1S/C12H20O/c13-12-8-3-1-2-5-10-6-4-7-11(12)9-10/h10-11H,1-9H2. The van der Waals surface area contributed by atoms with Crippen LogP contribution in [0, 0.1) is 11.8 Å². The Hall–Kier alpha value is -0.330. The Kier molecular flexibility index (Phi) is 3.02. The molecule has 2 fully saturated rings. The van der Waals surface area contributed by atoms with Crippen LogP contribution < -0.4 is 0 Å². The Morgan fingerprint density at radius 2 is 1.77 bits per heavy atom. The molecule has 0 amide bonds. The molecule has 0 aromatic heterocycles. The van der Waals surface area contributed by atoms with Crippen molar-refractivity contribution in [2.24, 2.45) is 11.8 Å². The normalized spacial score (nSPS) is 36.2. The van der Waals surface area contributed by atoms with Crippen LogP contribution in [0.4, 0.5) is 0 Å². The molecule has 2 bridgehead atoms. The fourth-order valence-corrected chi connectivity index (χ4v) is 2.96. The van der Waals surface area contributed by atoms with Crippen molar-refractivity contribution in [2.45, 2.75) is 57.8 Å². The van der Waals surface area contributed by atoms with E-state index < -0.39 is 0 Å². The Balaban J connectivity index is 2.00. The van der Waals surface area contributed by atoms with Crippen LogP contribution in [-0.2, 0) is 4.79 Å². The van der Waals surface area contributed by atoms with Crippen molar-refractivity contribution < 1.29 is 4.79 Å². The quantitative estimate of drug-likeness (QED) is 0.559. The van der Waals surface area contributed by atoms with Gasteiger partial charge in [0.15, 0.2) is 0 Å². The van der Waals surface area contributed by atoms with Crippen molar-refractivity contribution in [3.05, 3.63) is 0 Å². The molecule has 0 radical (unpaired) electrons. The van der Waals surface area contributed by atoms with Gasteiger partial charge in [0.2, 0.25) is 0 Å². The van der Waals surface area contributed by atoms with E-state index in [1.165, 1.54) is 44.9 Å². The lowest BCUT2D eigenvalue weighted by atomic mass is 9.78. The van der Waals surface area contributed by atoms with Gasteiger partial charge < -0.3 is 0 Å². The molecule has 2 atom stereocenters. The first kappa shape index (κ1) is 9.23. The zero-order valence-electron chi connectivity index (χ0n) is 8.43. The van der Waals surface area contributed by atoms with Crippen molar-refractivity contribution in [1.29, 1.82) is 0 Å². The van der Waals surface area contributed by atoms with Crippen LogP contribution in [0.25, 0.3) is 0 Å². The molecular formula is C12H20O. The third-order valence-electron chi connectivity index (χ3n) is 3.77. The smallest absolute Gasteiger partial charge is 0.135 e. The molecule has 0 N–H and O–H groups in total. The van der Waals surface area contributed by atoms with E-state index >= 15 is 0 Å². The van der Waals surface area contributed by atoms with Gasteiger partial charge in [0, 0.05) is 12.3 Å². The van der Waals surface area contributed by atoms with Crippen LogP contribution in [0.2, 0.25) is 0 Å². The third-order valence-corrected chi connectivity index (χ3v) is 3.77. The van der Waals surface area contributed by atoms with E-state index in [0.717, 1.165) is 18.8 Å². The second-order valence-corrected chi connectivity index (χ2v) is 4.80. The first-order valence-corrected chi connectivity index (χ1v) is 5.89. The van der Waals surface area contributed by atoms with Crippen LogP contribution in [0.1, 0.15) is 57.8 Å². The zero-order valence-corrected chi connectivity index (χ0v) is 8.43. The van der Waals surface area contributed by atoms with Gasteiger partial charge in [-0.05, 0) is 25.2 Å². The first-order chi connectivity index (χ1) is 6.36. The third kappa shape index (κ3) is 2.32. The lowest BCUT2D eigenvalue weighted by Gasteiger charge is -2.27. The molecule has 0 saturated heterocycles. The lowest BCUT2D eigenvalue weighted by Crippen LogP contribution is -2.21. The Morgan fingerprint density at radius 1 is 0.923 bits per heavy atom. The molecule has 0 aliphatic heterocycles. The van der Waals surface area contributed by atoms with Crippen LogP contribution >= 0.6 is 0 Å². The molecule has 0 spiro atoms. The van der Waals surface area contributed by atoms with Gasteiger partial charge in [0.1, 0.15) is 5.78 Å². The summed E-state index contributed by atoms with van der Waals surface area (Å²) in [5.74, 6) is 1.92. The van der Waals surface area contributed by atoms with E-state index in [2.05, 4.69) is 0 Å². The summed E-state index contributed by atoms with van der Waals surface area (Å²) in [5.41, 5.74) is 0. The summed E-state index contributed by atoms with van der Waals surface area (Å²) >= 11 is 0. The van der Waals surface area contributed by atoms with Gasteiger partial charge in [-0.2, -0.15) is 0 Å². The van der Waals surface area contributed by atoms with Crippen molar-refractivity contribution in [3.8, 4) is 0 Å². The molecule has 2 aliphatic rings. The summed E-state index contributed by atoms with van der Waals surface area (Å²) in [6.07, 6.45) is 11.2. The van der Waals surface area contributed by atoms with Crippen molar-refractivity contribution in [3.63, 3.8) is 0 Å². The number of hydrogen-bond donors (Lipinski definition) is 0. The highest BCUT2D eigenvalue weighted by Gasteiger charge is 2.27. The van der Waals surface area contributed by atoms with Gasteiger partial charge in [-0.25, -0.2) is 0 Å². The second-order valence-electron chi connectivity index (χ2n) is 4.80. The summed E-state index contributed by atoms with van der Waals surface area (Å²) in [4.78, 5) is 11.7. The molecule has 0 heterocycles. The summed E-state index contributed by atoms with van der Waals surface area (Å²) in [5, 5.41) is 0. The summed E-state index contributed by atoms with van der Waals surface area (Å²) in [6.45, 7) is 0. The van der Waals surface area contributed by atoms with E-state index in [9.17, 15) is 4.79 Å². The number of fused-ring (bicyclic) bond motifs is 2. The average molecular weight is 180 g/mol. The zero-order chi connectivity index (χ0) is 9.10. The second kappa shape index (κ2) is 4.26. The minimum atomic E-state index is 0.455. The molecule has 1 nitrogen and oxygen atoms in total. The van der Waals surface area contributed by atoms with Crippen LogP contribution in [-0.4, -0.2) is 5.78 Å². The minimum Gasteiger partial charge on any atom is -0.299 e. The molecule has 2 unspecified atom stereocenters. The summed E-state index contributed by atoms with van der Waals surface area (Å²) in [6, 6.07) is 0. The summed E-state index contributed by atoms with van der Waals surface area (Å²) in [7, 11) is 0. The molecular weight excluding hydrogens is 160 g/mol. The van der Waals surface area contributed by atoms with E-state index in [0.29, 0.717) is 11.7 Å². The average Bonchev–Trinajstić information content (AvgIpc) is 2.21. The minimum absolute atomic E-state index is 0.455. The predicted octanol–water partition coefficient (Wildman–Crippen LogP) is 3.33. The Morgan fingerprint density at radius 3 is 2.69 bits per heavy atom. The highest BCUT2D eigenvalue weighted by Crippen LogP contribution is 2.34. The van der Waals surface area contributed by atoms with Gasteiger partial charge in [-0.3, -0.25) is 4.79 Å². The number of hydrogen-bond acceptors (Lipinski definition) is 1. The highest BCUT2D eigenvalue weighted by atomic mass is 16.1. The van der Waals surface area contributed by atoms with Crippen molar-refractivity contribution in [1.82, 2.24) is 0 Å². The molecule has 2 saturated carbocycles. The molecule has 2 rings (SSSR count). The largest absolute Gasteiger partial charge is 0.299 e. The first-order valence-electron chi connectivity index (χ1n) is 5.89. The van der Waals surface area contributed by atoms with E-state index in [1.807, 2.05) is 0 Å². The maximum atomic E-state index is 11.7. The van der Waals surface area contributed by atoms with Crippen LogP contribution in [0.15, 0.2) is 0 Å². The van der Waals surface area contributed by atoms with E-state index in [4.69, 9.17) is 0 Å². The number of Topliss-reactive ketones (excluding diaryl/α,β-unsaturated/α-hetero) is 1. The lowest BCUT2D eigenvalue weighted by molar-refractivity contribution is -0.124. The molecule has 0 aromatic rings. The van der Waals surface area contributed by atoms with Gasteiger partial charge in [-0.1, -0.05) is 32.1 Å². The molecule has 0 aromatic carbocycles. The number of carbonyl (C=O) groups excluding carboxylic acids is 1. The van der Waals surface area contributed by atoms with E-state index in [1.54, 1.807) is 0 Å². The van der Waals surface area contributed by atoms with E-state index in [-0.39, 0.29) is 0 Å². The van der Waals surface area contributed by atoms with Crippen LogP contribution in [0.5, 0.6) is 0 Å². The fraction of sp³-hybridized carbons (Fsp3) is 0.917. The maximum absolute atomic E-state index is 11.7. The maximum Gasteiger partial charge on any atom is 0.135 e. The monoisotopic (exact) mass is 180 g/mol. The Bertz CT molecular complexity index is 186. The summed E-state index contributed by atoms with van der Waals surface area (Å²) < 4.78 is 0. The van der Waals surface area contributed by atoms with Crippen molar-refractivity contribution in [2.75, 3.05) is 0 Å². The fourth-order valence-electron chi connectivity index (χ4n) is 2.96. The van der Waals surface area contributed by atoms with Crippen molar-refractivity contribution >= 4 is 5.78 Å². The van der Waals surface area contributed by atoms with Gasteiger partial charge in [0.25, 0.3) is 0 Å². The van der Waals surface area contributed by atoms with Crippen LogP contribution in [0.3, 0.4) is 0 Å². The number of ketones is 1. The molecule has 13 heavy (non-hydrogen) atoms. The van der Waals surface area contributed by atoms with Gasteiger partial charge >= 0.3 is 0 Å². The molecule has 74 valence electrons. The number of rotatable bonds is 0. The molecule has 1 heteroatoms. The van der Waals surface area contributed by atoms with Gasteiger partial charge in [0.05, 0.1) is 0 Å². The molecule has 2 aliphatic carbocycles. The SMILES string of the molecule is O=C1CCCCCC2CCCC1C2. The predicted molar refractivity (Wildman–Crippen MR) is 53.5 cm³/mol.